The number of hydrogen-bond acceptors (Lipinski definition) is 3. The van der Waals surface area contributed by atoms with Gasteiger partial charge in [-0.15, -0.1) is 11.3 Å². The van der Waals surface area contributed by atoms with Crippen molar-refractivity contribution in [3.05, 3.63) is 70.1 Å². The summed E-state index contributed by atoms with van der Waals surface area (Å²) in [4.78, 5) is 8.39. The number of halogens is 3. The summed E-state index contributed by atoms with van der Waals surface area (Å²) in [6.45, 7) is 2.04. The van der Waals surface area contributed by atoms with Gasteiger partial charge in [-0.05, 0) is 17.5 Å². The lowest BCUT2D eigenvalue weighted by Gasteiger charge is -2.18. The number of hydrogen-bond donors (Lipinski definition) is 0. The van der Waals surface area contributed by atoms with E-state index in [9.17, 15) is 13.2 Å². The molecule has 6 heteroatoms. The van der Waals surface area contributed by atoms with Crippen LogP contribution < -0.4 is 0 Å². The van der Waals surface area contributed by atoms with E-state index in [0.29, 0.717) is 17.5 Å². The number of aromatic nitrogens is 1. The first-order valence-electron chi connectivity index (χ1n) is 7.87. The third-order valence-electron chi connectivity index (χ3n) is 4.20. The largest absolute Gasteiger partial charge is 0.260 e. The number of rotatable bonds is 4. The molecule has 0 amide bonds. The van der Waals surface area contributed by atoms with Crippen LogP contribution >= 0.6 is 11.3 Å². The Morgan fingerprint density at radius 3 is 2.60 bits per heavy atom. The molecule has 0 radical (unpaired) electrons. The molecule has 0 aliphatic carbocycles. The second-order valence-electron chi connectivity index (χ2n) is 5.75. The Morgan fingerprint density at radius 2 is 1.88 bits per heavy atom. The molecule has 0 bridgehead atoms. The first-order chi connectivity index (χ1) is 12.1. The minimum atomic E-state index is -1.22. The van der Waals surface area contributed by atoms with Crippen LogP contribution in [0.2, 0.25) is 0 Å². The molecule has 0 atom stereocenters. The van der Waals surface area contributed by atoms with E-state index in [2.05, 4.69) is 9.98 Å². The quantitative estimate of drug-likeness (QED) is 0.565. The van der Waals surface area contributed by atoms with Gasteiger partial charge in [0.1, 0.15) is 11.3 Å². The van der Waals surface area contributed by atoms with E-state index in [1.165, 1.54) is 0 Å². The first kappa shape index (κ1) is 16.0. The Labute approximate surface area is 146 Å². The molecule has 3 aromatic rings. The molecular weight excluding hydrogens is 345 g/mol. The zero-order chi connectivity index (χ0) is 17.6. The van der Waals surface area contributed by atoms with Crippen LogP contribution in [0, 0.1) is 17.5 Å². The minimum absolute atomic E-state index is 0.0463. The van der Waals surface area contributed by atoms with E-state index >= 15 is 0 Å². The fourth-order valence-corrected chi connectivity index (χ4v) is 3.92. The molecule has 25 heavy (non-hydrogen) atoms. The van der Waals surface area contributed by atoms with Gasteiger partial charge in [-0.2, -0.15) is 0 Å². The van der Waals surface area contributed by atoms with Crippen molar-refractivity contribution in [3.8, 4) is 0 Å². The van der Waals surface area contributed by atoms with Crippen molar-refractivity contribution in [2.75, 3.05) is 0 Å². The minimum Gasteiger partial charge on any atom is -0.260 e. The van der Waals surface area contributed by atoms with Crippen molar-refractivity contribution in [1.29, 1.82) is 0 Å². The van der Waals surface area contributed by atoms with E-state index in [-0.39, 0.29) is 10.2 Å². The standard InChI is InChI=1S/C19H13F3N2S/c1-2-15-12(9-23-15)11-6-4-3-5-10(11)7-16-24-18-17(22)13(20)8-14(21)19(18)25-16/h3-6,8-9H,2,7H2,1H3. The van der Waals surface area contributed by atoms with Gasteiger partial charge in [0, 0.05) is 30.0 Å². The summed E-state index contributed by atoms with van der Waals surface area (Å²) in [6, 6.07) is 8.38. The van der Waals surface area contributed by atoms with E-state index in [0.717, 1.165) is 40.2 Å². The maximum absolute atomic E-state index is 13.9. The highest BCUT2D eigenvalue weighted by Crippen LogP contribution is 2.32. The molecule has 0 unspecified atom stereocenters. The number of aliphatic imine (C=N–C) groups is 1. The molecule has 0 saturated heterocycles. The maximum atomic E-state index is 13.9. The highest BCUT2D eigenvalue weighted by Gasteiger charge is 2.20. The van der Waals surface area contributed by atoms with E-state index in [4.69, 9.17) is 0 Å². The van der Waals surface area contributed by atoms with Gasteiger partial charge in [0.05, 0.1) is 9.71 Å². The van der Waals surface area contributed by atoms with Crippen molar-refractivity contribution in [1.82, 2.24) is 4.98 Å². The van der Waals surface area contributed by atoms with Crippen molar-refractivity contribution in [3.63, 3.8) is 0 Å². The number of allylic oxidation sites excluding steroid dienone is 1. The molecule has 0 spiro atoms. The molecule has 4 rings (SSSR count). The predicted octanol–water partition coefficient (Wildman–Crippen LogP) is 5.51. The van der Waals surface area contributed by atoms with Gasteiger partial charge in [-0.25, -0.2) is 18.2 Å². The van der Waals surface area contributed by atoms with Crippen LogP contribution in [0.25, 0.3) is 15.8 Å². The molecular formula is C19H13F3N2S. The van der Waals surface area contributed by atoms with Crippen LogP contribution in [0.15, 0.2) is 41.5 Å². The molecule has 0 saturated carbocycles. The molecule has 1 aromatic heterocycles. The molecule has 2 heterocycles. The smallest absolute Gasteiger partial charge is 0.186 e. The Balaban J connectivity index is 1.74. The number of fused-ring (bicyclic) bond motifs is 1. The fraction of sp³-hybridized carbons (Fsp3) is 0.158. The van der Waals surface area contributed by atoms with Crippen LogP contribution in [-0.2, 0) is 6.42 Å². The monoisotopic (exact) mass is 358 g/mol. The SMILES string of the molecule is CCC1=NC=C1c1ccccc1Cc1nc2c(F)c(F)cc(F)c2s1. The van der Waals surface area contributed by atoms with E-state index < -0.39 is 17.5 Å². The zero-order valence-electron chi connectivity index (χ0n) is 13.3. The summed E-state index contributed by atoms with van der Waals surface area (Å²) in [7, 11) is 0. The van der Waals surface area contributed by atoms with Crippen LogP contribution in [0.1, 0.15) is 29.5 Å². The summed E-state index contributed by atoms with van der Waals surface area (Å²) in [6.07, 6.45) is 3.09. The first-order valence-corrected chi connectivity index (χ1v) is 8.68. The molecule has 1 aliphatic rings. The van der Waals surface area contributed by atoms with Gasteiger partial charge >= 0.3 is 0 Å². The summed E-state index contributed by atoms with van der Waals surface area (Å²) < 4.78 is 41.2. The summed E-state index contributed by atoms with van der Waals surface area (Å²) in [5.74, 6) is -3.10. The van der Waals surface area contributed by atoms with Crippen LogP contribution in [0.4, 0.5) is 13.2 Å². The lowest BCUT2D eigenvalue weighted by Crippen LogP contribution is -2.09. The summed E-state index contributed by atoms with van der Waals surface area (Å²) >= 11 is 1.05. The molecule has 2 nitrogen and oxygen atoms in total. The molecule has 126 valence electrons. The summed E-state index contributed by atoms with van der Waals surface area (Å²) in [5.41, 5.74) is 3.92. The van der Waals surface area contributed by atoms with Gasteiger partial charge in [0.25, 0.3) is 0 Å². The van der Waals surface area contributed by atoms with Crippen LogP contribution in [-0.4, -0.2) is 10.7 Å². The predicted molar refractivity (Wildman–Crippen MR) is 94.4 cm³/mol. The fourth-order valence-electron chi connectivity index (χ4n) is 2.93. The van der Waals surface area contributed by atoms with Crippen LogP contribution in [0.3, 0.4) is 0 Å². The van der Waals surface area contributed by atoms with Gasteiger partial charge < -0.3 is 0 Å². The second-order valence-corrected chi connectivity index (χ2v) is 6.83. The van der Waals surface area contributed by atoms with E-state index in [1.807, 2.05) is 37.4 Å². The second kappa shape index (κ2) is 6.11. The van der Waals surface area contributed by atoms with E-state index in [1.54, 1.807) is 0 Å². The average Bonchev–Trinajstić information content (AvgIpc) is 2.99. The third-order valence-corrected chi connectivity index (χ3v) is 5.27. The van der Waals surface area contributed by atoms with Gasteiger partial charge in [-0.3, -0.25) is 4.99 Å². The zero-order valence-corrected chi connectivity index (χ0v) is 14.1. The summed E-state index contributed by atoms with van der Waals surface area (Å²) in [5, 5.41) is 0.542. The Kier molecular flexibility index (Phi) is 3.92. The Bertz CT molecular complexity index is 1050. The van der Waals surface area contributed by atoms with Gasteiger partial charge in [0.15, 0.2) is 11.6 Å². The Hall–Kier alpha value is -2.47. The highest BCUT2D eigenvalue weighted by atomic mass is 32.1. The molecule has 1 aliphatic heterocycles. The van der Waals surface area contributed by atoms with Gasteiger partial charge in [-0.1, -0.05) is 31.2 Å². The lowest BCUT2D eigenvalue weighted by molar-refractivity contribution is 0.504. The maximum Gasteiger partial charge on any atom is 0.186 e. The molecule has 2 aromatic carbocycles. The van der Waals surface area contributed by atoms with Crippen molar-refractivity contribution < 1.29 is 13.2 Å². The third kappa shape index (κ3) is 2.66. The number of benzene rings is 2. The Morgan fingerprint density at radius 1 is 1.08 bits per heavy atom. The molecule has 0 fully saturated rings. The van der Waals surface area contributed by atoms with Crippen molar-refractivity contribution >= 4 is 32.8 Å². The number of thiazole rings is 1. The normalized spacial score (nSPS) is 13.6. The lowest BCUT2D eigenvalue weighted by atomic mass is 9.92. The van der Waals surface area contributed by atoms with Crippen LogP contribution in [0.5, 0.6) is 0 Å². The van der Waals surface area contributed by atoms with Gasteiger partial charge in [0.2, 0.25) is 0 Å². The molecule has 0 N–H and O–H groups in total. The number of nitrogens with zero attached hydrogens (tertiary/aromatic N) is 2. The van der Waals surface area contributed by atoms with Crippen molar-refractivity contribution in [2.24, 2.45) is 4.99 Å². The topological polar surface area (TPSA) is 25.2 Å². The average molecular weight is 358 g/mol. The highest BCUT2D eigenvalue weighted by molar-refractivity contribution is 7.18. The van der Waals surface area contributed by atoms with Crippen molar-refractivity contribution in [2.45, 2.75) is 19.8 Å².